The molecular weight excluding hydrogens is 522 g/mol. The van der Waals surface area contributed by atoms with Crippen LogP contribution in [-0.4, -0.2) is 47.6 Å². The lowest BCUT2D eigenvalue weighted by molar-refractivity contribution is -0.181. The average Bonchev–Trinajstić information content (AvgIpc) is 2.76. The van der Waals surface area contributed by atoms with Gasteiger partial charge in [0.2, 0.25) is 0 Å². The van der Waals surface area contributed by atoms with Gasteiger partial charge in [-0.05, 0) is 76.6 Å². The number of hydrogen-bond donors (Lipinski definition) is 2. The summed E-state index contributed by atoms with van der Waals surface area (Å²) in [5, 5.41) is 4.34. The third kappa shape index (κ3) is 6.95. The van der Waals surface area contributed by atoms with E-state index in [1.807, 2.05) is 11.8 Å². The fourth-order valence-corrected chi connectivity index (χ4v) is 4.21. The summed E-state index contributed by atoms with van der Waals surface area (Å²) in [7, 11) is 1.78. The summed E-state index contributed by atoms with van der Waals surface area (Å²) in [6.45, 7) is 3.62. The van der Waals surface area contributed by atoms with E-state index in [4.69, 9.17) is 11.6 Å². The summed E-state index contributed by atoms with van der Waals surface area (Å²) >= 11 is 5.65. The van der Waals surface area contributed by atoms with Crippen LogP contribution in [0.2, 0.25) is 5.02 Å². The minimum absolute atomic E-state index is 0.156. The quantitative estimate of drug-likeness (QED) is 0.280. The van der Waals surface area contributed by atoms with Crippen LogP contribution in [0, 0.1) is 17.5 Å². The summed E-state index contributed by atoms with van der Waals surface area (Å²) < 4.78 is 82.5. The fraction of sp³-hybridized carbons (Fsp3) is 0.440. The zero-order chi connectivity index (χ0) is 27.7. The molecule has 3 unspecified atom stereocenters. The first-order chi connectivity index (χ1) is 17.1. The van der Waals surface area contributed by atoms with Crippen molar-refractivity contribution in [3.05, 3.63) is 70.0 Å². The molecule has 1 fully saturated rings. The van der Waals surface area contributed by atoms with Gasteiger partial charge < -0.3 is 5.32 Å². The molecule has 0 bridgehead atoms. The molecule has 0 aliphatic carbocycles. The first kappa shape index (κ1) is 28.8. The van der Waals surface area contributed by atoms with Crippen LogP contribution in [0.4, 0.5) is 26.3 Å². The van der Waals surface area contributed by atoms with E-state index in [1.165, 1.54) is 18.2 Å². The molecule has 3 rings (SSSR count). The van der Waals surface area contributed by atoms with Gasteiger partial charge in [0.25, 0.3) is 5.91 Å². The standard InChI is InChI=1S/C25H27ClF6N4O/c1-13-7-18(12-21(36(13)4)15-8-16(27)11-17(28)9-15)33-23(35-24(2,3)25(30,31)32)34-22(37)14-5-6-19(26)20(29)10-14/h5-6,8-11,13,18,21H,7,12H2,1-4H3,(H2,33,34,35,37). The Morgan fingerprint density at radius 1 is 1.05 bits per heavy atom. The molecule has 1 saturated heterocycles. The highest BCUT2D eigenvalue weighted by Crippen LogP contribution is 2.35. The van der Waals surface area contributed by atoms with Crippen molar-refractivity contribution in [2.75, 3.05) is 7.05 Å². The Kier molecular flexibility index (Phi) is 8.48. The number of benzene rings is 2. The van der Waals surface area contributed by atoms with Gasteiger partial charge in [-0.2, -0.15) is 13.2 Å². The molecule has 2 N–H and O–H groups in total. The zero-order valence-corrected chi connectivity index (χ0v) is 21.3. The van der Waals surface area contributed by atoms with Gasteiger partial charge in [-0.15, -0.1) is 0 Å². The van der Waals surface area contributed by atoms with Crippen molar-refractivity contribution >= 4 is 23.5 Å². The Hall–Kier alpha value is -2.79. The second-order valence-corrected chi connectivity index (χ2v) is 10.1. The molecule has 12 heteroatoms. The van der Waals surface area contributed by atoms with Gasteiger partial charge in [0.15, 0.2) is 5.96 Å². The number of alkyl halides is 3. The van der Waals surface area contributed by atoms with Crippen molar-refractivity contribution in [3.63, 3.8) is 0 Å². The van der Waals surface area contributed by atoms with Crippen molar-refractivity contribution in [1.82, 2.24) is 15.5 Å². The molecular formula is C25H27ClF6N4O. The van der Waals surface area contributed by atoms with Crippen molar-refractivity contribution < 1.29 is 31.1 Å². The molecule has 202 valence electrons. The second kappa shape index (κ2) is 10.9. The lowest BCUT2D eigenvalue weighted by Crippen LogP contribution is -2.58. The fourth-order valence-electron chi connectivity index (χ4n) is 4.09. The highest BCUT2D eigenvalue weighted by Gasteiger charge is 2.48. The van der Waals surface area contributed by atoms with E-state index in [9.17, 15) is 31.1 Å². The maximum atomic E-state index is 13.9. The van der Waals surface area contributed by atoms with Gasteiger partial charge >= 0.3 is 6.18 Å². The average molecular weight is 549 g/mol. The molecule has 1 aliphatic heterocycles. The molecule has 3 atom stereocenters. The number of hydrogen-bond acceptors (Lipinski definition) is 3. The third-order valence-corrected chi connectivity index (χ3v) is 6.74. The van der Waals surface area contributed by atoms with Crippen LogP contribution in [-0.2, 0) is 0 Å². The number of piperidine rings is 1. The van der Waals surface area contributed by atoms with E-state index >= 15 is 0 Å². The van der Waals surface area contributed by atoms with E-state index in [2.05, 4.69) is 15.6 Å². The lowest BCUT2D eigenvalue weighted by atomic mass is 9.88. The van der Waals surface area contributed by atoms with E-state index in [-0.39, 0.29) is 23.0 Å². The van der Waals surface area contributed by atoms with E-state index in [0.717, 1.165) is 32.0 Å². The zero-order valence-electron chi connectivity index (χ0n) is 20.6. The van der Waals surface area contributed by atoms with Gasteiger partial charge in [-0.3, -0.25) is 15.0 Å². The van der Waals surface area contributed by atoms with Gasteiger partial charge in [-0.25, -0.2) is 18.2 Å². The van der Waals surface area contributed by atoms with E-state index < -0.39 is 53.1 Å². The van der Waals surface area contributed by atoms with Gasteiger partial charge in [0.1, 0.15) is 23.0 Å². The number of carbonyl (C=O) groups is 1. The summed E-state index contributed by atoms with van der Waals surface area (Å²) in [6.07, 6.45) is -4.09. The summed E-state index contributed by atoms with van der Waals surface area (Å²) in [5.74, 6) is -3.74. The highest BCUT2D eigenvalue weighted by molar-refractivity contribution is 6.30. The molecule has 5 nitrogen and oxygen atoms in total. The smallest absolute Gasteiger partial charge is 0.342 e. The molecule has 2 aromatic rings. The van der Waals surface area contributed by atoms with Crippen molar-refractivity contribution in [1.29, 1.82) is 0 Å². The largest absolute Gasteiger partial charge is 0.410 e. The predicted octanol–water partition coefficient (Wildman–Crippen LogP) is 6.00. The van der Waals surface area contributed by atoms with Gasteiger partial charge in [-0.1, -0.05) is 11.6 Å². The number of likely N-dealkylation sites (tertiary alicyclic amines) is 1. The lowest BCUT2D eigenvalue weighted by Gasteiger charge is -2.41. The number of nitrogens with zero attached hydrogens (tertiary/aromatic N) is 2. The predicted molar refractivity (Wildman–Crippen MR) is 129 cm³/mol. The Balaban J connectivity index is 1.95. The van der Waals surface area contributed by atoms with E-state index in [0.29, 0.717) is 12.0 Å². The van der Waals surface area contributed by atoms with Crippen LogP contribution in [0.1, 0.15) is 55.6 Å². The summed E-state index contributed by atoms with van der Waals surface area (Å²) in [5.41, 5.74) is -2.30. The molecule has 37 heavy (non-hydrogen) atoms. The van der Waals surface area contributed by atoms with Crippen molar-refractivity contribution in [2.24, 2.45) is 4.99 Å². The maximum absolute atomic E-state index is 13.9. The van der Waals surface area contributed by atoms with Crippen LogP contribution >= 0.6 is 11.6 Å². The molecule has 0 spiro atoms. The Labute approximate surface area is 215 Å². The normalized spacial score (nSPS) is 21.6. The summed E-state index contributed by atoms with van der Waals surface area (Å²) in [4.78, 5) is 19.0. The van der Waals surface area contributed by atoms with Crippen LogP contribution in [0.15, 0.2) is 41.4 Å². The SMILES string of the molecule is CC1CC(N=C(NC(=O)c2ccc(Cl)c(F)c2)NC(C)(C)C(F)(F)F)CC(c2cc(F)cc(F)c2)N1C. The van der Waals surface area contributed by atoms with Crippen LogP contribution in [0.25, 0.3) is 0 Å². The highest BCUT2D eigenvalue weighted by atomic mass is 35.5. The number of amides is 1. The molecule has 2 aromatic carbocycles. The molecule has 0 aromatic heterocycles. The second-order valence-electron chi connectivity index (χ2n) is 9.67. The van der Waals surface area contributed by atoms with Gasteiger partial charge in [0, 0.05) is 23.7 Å². The number of guanidine groups is 1. The number of nitrogens with one attached hydrogen (secondary N) is 2. The number of halogens is 7. The molecule has 0 saturated carbocycles. The first-order valence-corrected chi connectivity index (χ1v) is 11.8. The minimum Gasteiger partial charge on any atom is -0.342 e. The van der Waals surface area contributed by atoms with E-state index in [1.54, 1.807) is 7.05 Å². The van der Waals surface area contributed by atoms with Crippen molar-refractivity contribution in [3.8, 4) is 0 Å². The minimum atomic E-state index is -4.70. The molecule has 0 radical (unpaired) electrons. The Morgan fingerprint density at radius 3 is 2.24 bits per heavy atom. The van der Waals surface area contributed by atoms with Gasteiger partial charge in [0.05, 0.1) is 11.1 Å². The summed E-state index contributed by atoms with van der Waals surface area (Å²) in [6, 6.07) is 5.13. The molecule has 1 aliphatic rings. The van der Waals surface area contributed by atoms with Crippen molar-refractivity contribution in [2.45, 2.75) is 63.5 Å². The number of rotatable bonds is 4. The number of carbonyl (C=O) groups excluding carboxylic acids is 1. The first-order valence-electron chi connectivity index (χ1n) is 11.4. The van der Waals surface area contributed by atoms with Crippen LogP contribution in [0.5, 0.6) is 0 Å². The molecule has 1 heterocycles. The van der Waals surface area contributed by atoms with Crippen LogP contribution < -0.4 is 10.6 Å². The number of aliphatic imine (C=N–C) groups is 1. The monoisotopic (exact) mass is 548 g/mol. The van der Waals surface area contributed by atoms with Crippen LogP contribution in [0.3, 0.4) is 0 Å². The third-order valence-electron chi connectivity index (χ3n) is 6.43. The maximum Gasteiger partial charge on any atom is 0.410 e. The topological polar surface area (TPSA) is 56.7 Å². The molecule has 1 amide bonds. The Morgan fingerprint density at radius 2 is 1.68 bits per heavy atom. The Bertz CT molecular complexity index is 1170.